The van der Waals surface area contributed by atoms with Crippen LogP contribution in [0.2, 0.25) is 0 Å². The van der Waals surface area contributed by atoms with Crippen molar-refractivity contribution in [1.82, 2.24) is 9.97 Å². The van der Waals surface area contributed by atoms with Crippen LogP contribution in [-0.2, 0) is 39.1 Å². The minimum absolute atomic E-state index is 0. The molecule has 1 rings (SSSR count). The first-order valence-corrected chi connectivity index (χ1v) is 4.40. The van der Waals surface area contributed by atoms with E-state index >= 15 is 0 Å². The fraction of sp³-hybridized carbons (Fsp3) is 0.500. The molecule has 13 heavy (non-hydrogen) atoms. The second-order valence-corrected chi connectivity index (χ2v) is 2.77. The molecule has 0 aliphatic heterocycles. The van der Waals surface area contributed by atoms with Crippen molar-refractivity contribution < 1.29 is 32.7 Å². The van der Waals surface area contributed by atoms with E-state index in [1.807, 2.05) is 0 Å². The number of rotatable bonds is 5. The molecule has 0 atom stereocenters. The summed E-state index contributed by atoms with van der Waals surface area (Å²) in [5.74, 6) is 0.904. The third kappa shape index (κ3) is 6.28. The van der Waals surface area contributed by atoms with Gasteiger partial charge in [-0.05, 0) is 6.42 Å². The summed E-state index contributed by atoms with van der Waals surface area (Å²) in [6.45, 7) is 3.79. The van der Waals surface area contributed by atoms with Gasteiger partial charge in [0.1, 0.15) is 0 Å². The van der Waals surface area contributed by atoms with Gasteiger partial charge < -0.3 is 16.9 Å². The van der Waals surface area contributed by atoms with E-state index < -0.39 is 0 Å². The third-order valence-electron chi connectivity index (χ3n) is 1.72. The van der Waals surface area contributed by atoms with Crippen molar-refractivity contribution in [3.8, 4) is 0 Å². The number of hydrogen-bond donors (Lipinski definition) is 0. The van der Waals surface area contributed by atoms with Crippen LogP contribution in [0.4, 0.5) is 0 Å². The van der Waals surface area contributed by atoms with Crippen molar-refractivity contribution in [3.63, 3.8) is 0 Å². The summed E-state index contributed by atoms with van der Waals surface area (Å²) >= 11 is 0. The van der Waals surface area contributed by atoms with Crippen LogP contribution in [0.25, 0.3) is 0 Å². The van der Waals surface area contributed by atoms with E-state index in [0.29, 0.717) is 0 Å². The Morgan fingerprint density at radius 1 is 1.31 bits per heavy atom. The van der Waals surface area contributed by atoms with Crippen LogP contribution in [0.3, 0.4) is 0 Å². The largest absolute Gasteiger partial charge is 0.373 e. The molecule has 0 aromatic carbocycles. The van der Waals surface area contributed by atoms with Gasteiger partial charge in [0, 0.05) is 38.5 Å². The first-order valence-electron chi connectivity index (χ1n) is 4.40. The molecule has 0 fully saturated rings. The molecule has 1 aromatic heterocycles. The minimum atomic E-state index is 0. The summed E-state index contributed by atoms with van der Waals surface area (Å²) in [6.07, 6.45) is 10.1. The van der Waals surface area contributed by atoms with Gasteiger partial charge in [-0.25, -0.2) is 0 Å². The van der Waals surface area contributed by atoms with E-state index in [1.54, 1.807) is 12.3 Å². The second kappa shape index (κ2) is 8.77. The van der Waals surface area contributed by atoms with E-state index in [9.17, 15) is 0 Å². The van der Waals surface area contributed by atoms with E-state index in [-0.39, 0.29) is 32.7 Å². The average Bonchev–Trinajstić information content (AvgIpc) is 2.14. The number of hydrogen-bond acceptors (Lipinski definition) is 2. The molecule has 0 bridgehead atoms. The fourth-order valence-corrected chi connectivity index (χ4v) is 1.05. The Balaban J connectivity index is 0.00000144. The quantitative estimate of drug-likeness (QED) is 0.592. The first kappa shape index (κ1) is 13.2. The van der Waals surface area contributed by atoms with Crippen LogP contribution in [0.15, 0.2) is 12.3 Å². The molecule has 0 saturated carbocycles. The van der Waals surface area contributed by atoms with E-state index in [4.69, 9.17) is 0 Å². The molecular weight excluding hydrogens is 237 g/mol. The van der Waals surface area contributed by atoms with E-state index in [2.05, 4.69) is 23.1 Å². The number of unbranched alkanes of at least 4 members (excludes halogenated alkanes) is 3. The fourth-order valence-electron chi connectivity index (χ4n) is 1.05. The molecule has 69 valence electrons. The van der Waals surface area contributed by atoms with Crippen LogP contribution < -0.4 is 0 Å². The van der Waals surface area contributed by atoms with Crippen molar-refractivity contribution >= 4 is 0 Å². The molecule has 0 aliphatic rings. The van der Waals surface area contributed by atoms with Gasteiger partial charge in [-0.1, -0.05) is 31.7 Å². The zero-order valence-corrected chi connectivity index (χ0v) is 10.7. The van der Waals surface area contributed by atoms with Crippen LogP contribution in [0.1, 0.15) is 31.5 Å². The summed E-state index contributed by atoms with van der Waals surface area (Å²) in [5.41, 5.74) is 0. The maximum Gasteiger partial charge on any atom is 0.0135 e. The Bertz CT molecular complexity index is 201. The van der Waals surface area contributed by atoms with Crippen molar-refractivity contribution in [1.29, 1.82) is 0 Å². The van der Waals surface area contributed by atoms with E-state index in [0.717, 1.165) is 25.1 Å². The summed E-state index contributed by atoms with van der Waals surface area (Å²) in [6, 6.07) is 1.72. The molecule has 1 aromatic rings. The Kier molecular flexibility index (Phi) is 8.89. The smallest absolute Gasteiger partial charge is 0.0135 e. The molecule has 0 unspecified atom stereocenters. The van der Waals surface area contributed by atoms with Crippen molar-refractivity contribution in [3.05, 3.63) is 31.2 Å². The number of aryl methyl sites for hydroxylation is 1. The van der Waals surface area contributed by atoms with Crippen LogP contribution in [-0.4, -0.2) is 9.97 Å². The van der Waals surface area contributed by atoms with Crippen molar-refractivity contribution in [2.45, 2.75) is 32.1 Å². The Labute approximate surface area is 105 Å². The predicted molar refractivity (Wildman–Crippen MR) is 48.4 cm³/mol. The molecule has 0 saturated heterocycles. The second-order valence-electron chi connectivity index (χ2n) is 2.77. The molecule has 2 nitrogen and oxygen atoms in total. The molecule has 0 N–H and O–H groups in total. The third-order valence-corrected chi connectivity index (χ3v) is 1.72. The van der Waals surface area contributed by atoms with Crippen LogP contribution in [0, 0.1) is 13.1 Å². The SMILES string of the molecule is [CH2-]CCCCCc1n[c-]ccn1.[Y]. The number of nitrogens with zero attached hydrogens (tertiary/aromatic N) is 2. The standard InChI is InChI=1S/C10H14N2.Y/c1-2-3-4-5-7-10-11-8-6-9-12-10;/h6,8H,1-5,7H2;/q-2;. The predicted octanol–water partition coefficient (Wildman–Crippen LogP) is 2.21. The molecule has 0 spiro atoms. The summed E-state index contributed by atoms with van der Waals surface area (Å²) in [4.78, 5) is 8.14. The number of aromatic nitrogens is 2. The normalized spacial score (nSPS) is 9.31. The Morgan fingerprint density at radius 3 is 2.77 bits per heavy atom. The summed E-state index contributed by atoms with van der Waals surface area (Å²) in [5, 5.41) is 0. The van der Waals surface area contributed by atoms with Crippen molar-refractivity contribution in [2.24, 2.45) is 0 Å². The zero-order valence-electron chi connectivity index (χ0n) is 7.87. The van der Waals surface area contributed by atoms with Crippen LogP contribution >= 0.6 is 0 Å². The first-order chi connectivity index (χ1) is 5.93. The maximum absolute atomic E-state index is 4.12. The molecule has 1 radical (unpaired) electrons. The maximum atomic E-state index is 4.12. The van der Waals surface area contributed by atoms with Gasteiger partial charge >= 0.3 is 0 Å². The molecule has 0 amide bonds. The van der Waals surface area contributed by atoms with Gasteiger partial charge in [-0.15, -0.1) is 6.07 Å². The Morgan fingerprint density at radius 2 is 2.15 bits per heavy atom. The molecule has 1 heterocycles. The molecule has 0 aliphatic carbocycles. The zero-order chi connectivity index (χ0) is 8.65. The molecule has 3 heteroatoms. The van der Waals surface area contributed by atoms with Crippen LogP contribution in [0.5, 0.6) is 0 Å². The van der Waals surface area contributed by atoms with Crippen molar-refractivity contribution in [2.75, 3.05) is 0 Å². The summed E-state index contributed by atoms with van der Waals surface area (Å²) < 4.78 is 0. The average molecular weight is 251 g/mol. The van der Waals surface area contributed by atoms with Gasteiger partial charge in [0.15, 0.2) is 0 Å². The Hall–Kier alpha value is 0.184. The molecular formula is C10H14N2Y-2. The van der Waals surface area contributed by atoms with Gasteiger partial charge in [0.05, 0.1) is 0 Å². The van der Waals surface area contributed by atoms with Gasteiger partial charge in [-0.3, -0.25) is 0 Å². The van der Waals surface area contributed by atoms with Gasteiger partial charge in [0.2, 0.25) is 0 Å². The minimum Gasteiger partial charge on any atom is -0.373 e. The van der Waals surface area contributed by atoms with Gasteiger partial charge in [0.25, 0.3) is 0 Å². The monoisotopic (exact) mass is 251 g/mol. The van der Waals surface area contributed by atoms with Gasteiger partial charge in [-0.2, -0.15) is 6.42 Å². The topological polar surface area (TPSA) is 25.8 Å². The summed E-state index contributed by atoms with van der Waals surface area (Å²) in [7, 11) is 0. The van der Waals surface area contributed by atoms with E-state index in [1.165, 1.54) is 12.8 Å².